The molecule has 1 heterocycles. The molecule has 6 heteroatoms. The first-order chi connectivity index (χ1) is 10.6. The average molecular weight is 305 g/mol. The highest BCUT2D eigenvalue weighted by atomic mass is 16.5. The zero-order valence-electron chi connectivity index (χ0n) is 12.8. The zero-order valence-corrected chi connectivity index (χ0v) is 12.8. The van der Waals surface area contributed by atoms with E-state index in [2.05, 4.69) is 4.98 Å². The molecular weight excluding hydrogens is 286 g/mol. The Hall–Kier alpha value is -2.34. The maximum Gasteiger partial charge on any atom is 0.360 e. The van der Waals surface area contributed by atoms with E-state index in [-0.39, 0.29) is 24.8 Å². The number of esters is 1. The quantitative estimate of drug-likeness (QED) is 0.826. The summed E-state index contributed by atoms with van der Waals surface area (Å²) in [6, 6.07) is 7.19. The van der Waals surface area contributed by atoms with Crippen LogP contribution in [0.4, 0.5) is 0 Å². The number of ether oxygens (including phenoxy) is 2. The van der Waals surface area contributed by atoms with Gasteiger partial charge in [-0.3, -0.25) is 0 Å². The lowest BCUT2D eigenvalue weighted by molar-refractivity contribution is 0.0424. The first-order valence-electron chi connectivity index (χ1n) is 7.00. The summed E-state index contributed by atoms with van der Waals surface area (Å²) in [5.41, 5.74) is 0.887. The van der Waals surface area contributed by atoms with Crippen molar-refractivity contribution in [1.29, 1.82) is 0 Å². The molecular formula is C16H19NO5. The van der Waals surface area contributed by atoms with Gasteiger partial charge in [-0.05, 0) is 24.3 Å². The number of hydrogen-bond donors (Lipinski definition) is 1. The fourth-order valence-corrected chi connectivity index (χ4v) is 1.93. The molecule has 0 aliphatic rings. The van der Waals surface area contributed by atoms with Crippen molar-refractivity contribution < 1.29 is 23.8 Å². The fourth-order valence-electron chi connectivity index (χ4n) is 1.93. The molecule has 0 bridgehead atoms. The summed E-state index contributed by atoms with van der Waals surface area (Å²) >= 11 is 0. The van der Waals surface area contributed by atoms with E-state index in [0.717, 1.165) is 11.3 Å². The van der Waals surface area contributed by atoms with Gasteiger partial charge in [0.05, 0.1) is 13.7 Å². The van der Waals surface area contributed by atoms with Gasteiger partial charge in [-0.15, -0.1) is 0 Å². The highest BCUT2D eigenvalue weighted by molar-refractivity contribution is 5.89. The van der Waals surface area contributed by atoms with Crippen LogP contribution in [0, 0.1) is 0 Å². The smallest absolute Gasteiger partial charge is 0.360 e. The Bertz CT molecular complexity index is 630. The van der Waals surface area contributed by atoms with Crippen molar-refractivity contribution in [3.8, 4) is 17.2 Å². The van der Waals surface area contributed by atoms with Crippen LogP contribution in [0.2, 0.25) is 0 Å². The Morgan fingerprint density at radius 1 is 1.32 bits per heavy atom. The van der Waals surface area contributed by atoms with Gasteiger partial charge in [0.15, 0.2) is 5.69 Å². The molecule has 2 rings (SSSR count). The summed E-state index contributed by atoms with van der Waals surface area (Å²) in [4.78, 5) is 16.2. The lowest BCUT2D eigenvalue weighted by Gasteiger charge is -2.03. The molecule has 0 saturated heterocycles. The Morgan fingerprint density at radius 2 is 2.00 bits per heavy atom. The molecule has 0 radical (unpaired) electrons. The van der Waals surface area contributed by atoms with Crippen molar-refractivity contribution in [2.75, 3.05) is 20.3 Å². The molecule has 0 atom stereocenters. The van der Waals surface area contributed by atoms with Crippen LogP contribution in [0.15, 0.2) is 28.7 Å². The van der Waals surface area contributed by atoms with Crippen LogP contribution < -0.4 is 4.74 Å². The highest BCUT2D eigenvalue weighted by Gasteiger charge is 2.24. The number of carbonyl (C=O) groups excluding carboxylic acids is 1. The average Bonchev–Trinajstić information content (AvgIpc) is 2.98. The molecule has 1 aromatic carbocycles. The third-order valence-corrected chi connectivity index (χ3v) is 3.03. The van der Waals surface area contributed by atoms with Gasteiger partial charge in [-0.2, -0.15) is 0 Å². The first kappa shape index (κ1) is 16.0. The molecule has 0 amide bonds. The number of aromatic nitrogens is 1. The number of hydrogen-bond acceptors (Lipinski definition) is 6. The van der Waals surface area contributed by atoms with Gasteiger partial charge in [0.1, 0.15) is 18.1 Å². The minimum atomic E-state index is -0.596. The van der Waals surface area contributed by atoms with E-state index in [1.54, 1.807) is 31.4 Å². The Kier molecular flexibility index (Phi) is 5.16. The standard InChI is InChI=1S/C16H19NO5/c1-10(2)14-13(16(19)21-9-8-18)17-15(22-14)11-4-6-12(20-3)7-5-11/h4-7,10,18H,8-9H2,1-3H3. The minimum absolute atomic E-state index is 0.0174. The Balaban J connectivity index is 2.34. The Morgan fingerprint density at radius 3 is 2.55 bits per heavy atom. The topological polar surface area (TPSA) is 81.8 Å². The summed E-state index contributed by atoms with van der Waals surface area (Å²) < 4.78 is 15.7. The minimum Gasteiger partial charge on any atom is -0.497 e. The summed E-state index contributed by atoms with van der Waals surface area (Å²) in [6.07, 6.45) is 0. The number of oxazole rings is 1. The molecule has 0 aliphatic carbocycles. The van der Waals surface area contributed by atoms with E-state index >= 15 is 0 Å². The number of benzene rings is 1. The second-order valence-electron chi connectivity index (χ2n) is 4.97. The van der Waals surface area contributed by atoms with E-state index in [1.807, 2.05) is 13.8 Å². The molecule has 0 fully saturated rings. The zero-order chi connectivity index (χ0) is 16.1. The van der Waals surface area contributed by atoms with Crippen LogP contribution in [0.5, 0.6) is 5.75 Å². The second-order valence-corrected chi connectivity index (χ2v) is 4.97. The largest absolute Gasteiger partial charge is 0.497 e. The molecule has 0 aliphatic heterocycles. The first-order valence-corrected chi connectivity index (χ1v) is 7.00. The number of rotatable bonds is 6. The fraction of sp³-hybridized carbons (Fsp3) is 0.375. The number of carbonyl (C=O) groups is 1. The monoisotopic (exact) mass is 305 g/mol. The number of aliphatic hydroxyl groups excluding tert-OH is 1. The predicted molar refractivity (Wildman–Crippen MR) is 79.9 cm³/mol. The number of aliphatic hydroxyl groups is 1. The van der Waals surface area contributed by atoms with Crippen LogP contribution in [-0.4, -0.2) is 36.4 Å². The van der Waals surface area contributed by atoms with Crippen LogP contribution in [-0.2, 0) is 4.74 Å². The third kappa shape index (κ3) is 3.46. The normalized spacial score (nSPS) is 10.8. The van der Waals surface area contributed by atoms with Crippen molar-refractivity contribution in [2.45, 2.75) is 19.8 Å². The maximum atomic E-state index is 12.0. The number of methoxy groups -OCH3 is 1. The second kappa shape index (κ2) is 7.09. The van der Waals surface area contributed by atoms with E-state index in [9.17, 15) is 4.79 Å². The predicted octanol–water partition coefficient (Wildman–Crippen LogP) is 2.62. The molecule has 0 spiro atoms. The molecule has 2 aromatic rings. The summed E-state index contributed by atoms with van der Waals surface area (Å²) in [5.74, 6) is 0.926. The molecule has 1 aromatic heterocycles. The molecule has 22 heavy (non-hydrogen) atoms. The van der Waals surface area contributed by atoms with E-state index in [0.29, 0.717) is 11.7 Å². The van der Waals surface area contributed by atoms with Crippen molar-refractivity contribution in [3.05, 3.63) is 35.7 Å². The summed E-state index contributed by atoms with van der Waals surface area (Å²) in [6.45, 7) is 3.51. The SMILES string of the molecule is COc1ccc(-c2nc(C(=O)OCCO)c(C(C)C)o2)cc1. The maximum absolute atomic E-state index is 12.0. The lowest BCUT2D eigenvalue weighted by atomic mass is 10.1. The van der Waals surface area contributed by atoms with Crippen LogP contribution in [0.25, 0.3) is 11.5 Å². The summed E-state index contributed by atoms with van der Waals surface area (Å²) in [5, 5.41) is 8.74. The van der Waals surface area contributed by atoms with Crippen molar-refractivity contribution in [3.63, 3.8) is 0 Å². The Labute approximate surface area is 128 Å². The van der Waals surface area contributed by atoms with Gasteiger partial charge in [-0.1, -0.05) is 13.8 Å². The van der Waals surface area contributed by atoms with E-state index in [1.165, 1.54) is 0 Å². The highest BCUT2D eigenvalue weighted by Crippen LogP contribution is 2.28. The van der Waals surface area contributed by atoms with E-state index < -0.39 is 5.97 Å². The van der Waals surface area contributed by atoms with Gasteiger partial charge in [-0.25, -0.2) is 9.78 Å². The molecule has 6 nitrogen and oxygen atoms in total. The van der Waals surface area contributed by atoms with Crippen LogP contribution in [0.1, 0.15) is 36.0 Å². The lowest BCUT2D eigenvalue weighted by Crippen LogP contribution is -2.11. The summed E-state index contributed by atoms with van der Waals surface area (Å²) in [7, 11) is 1.59. The number of nitrogens with zero attached hydrogens (tertiary/aromatic N) is 1. The van der Waals surface area contributed by atoms with Crippen LogP contribution in [0.3, 0.4) is 0 Å². The van der Waals surface area contributed by atoms with Gasteiger partial charge >= 0.3 is 5.97 Å². The van der Waals surface area contributed by atoms with Gasteiger partial charge in [0.2, 0.25) is 5.89 Å². The molecule has 118 valence electrons. The van der Waals surface area contributed by atoms with Crippen molar-refractivity contribution in [1.82, 2.24) is 4.98 Å². The van der Waals surface area contributed by atoms with Gasteiger partial charge in [0, 0.05) is 11.5 Å². The van der Waals surface area contributed by atoms with Gasteiger partial charge in [0.25, 0.3) is 0 Å². The van der Waals surface area contributed by atoms with E-state index in [4.69, 9.17) is 19.0 Å². The molecule has 0 saturated carbocycles. The third-order valence-electron chi connectivity index (χ3n) is 3.03. The van der Waals surface area contributed by atoms with Gasteiger partial charge < -0.3 is 19.0 Å². The van der Waals surface area contributed by atoms with Crippen molar-refractivity contribution >= 4 is 5.97 Å². The van der Waals surface area contributed by atoms with Crippen molar-refractivity contribution in [2.24, 2.45) is 0 Å². The molecule has 1 N–H and O–H groups in total. The molecule has 0 unspecified atom stereocenters. The van der Waals surface area contributed by atoms with Crippen LogP contribution >= 0.6 is 0 Å².